The maximum absolute atomic E-state index is 11.4. The standard InChI is InChI=1S/C19H18BrP.C16H18ClN3O2.C15H16ClN3O3/c1-21(20,17-11-5-2-6-12-17,18-13-7-3-8-14-18)19-15-9-4-10-16-19;1-4-9-7-11(13-12(9)21-16(2,3)22-13)20-6-5-10-14(17)18-8-19-15(10)20;1-15(2)21-11-8(6-20)5-10(12(11)22-15)19-4-3-9-13(16)17-7-18-14(9)19/h2-16H,1H3;4-6,8-9,11-13H,1,7H2,2-3H3;3-4,6-8,10-12H,5H2,1-2H3/t;9-,11+,12+,13-;8-,10-,11-,12+/m.01/s1. The number of carbonyl (C=O) groups is 1. The molecule has 3 aromatic carbocycles. The Labute approximate surface area is 397 Å². The number of nitrogens with zero attached hydrogens (tertiary/aromatic N) is 6. The van der Waals surface area contributed by atoms with Crippen molar-refractivity contribution in [2.24, 2.45) is 11.8 Å². The first-order valence-corrected chi connectivity index (χ1v) is 27.2. The molecule has 2 aliphatic carbocycles. The molecule has 0 amide bonds. The van der Waals surface area contributed by atoms with Crippen molar-refractivity contribution >= 4 is 88.3 Å². The monoisotopic (exact) mass is 996 g/mol. The molecule has 0 radical (unpaired) electrons. The normalized spacial score (nSPS) is 26.8. The molecule has 2 saturated heterocycles. The summed E-state index contributed by atoms with van der Waals surface area (Å²) in [4.78, 5) is 28.2. The van der Waals surface area contributed by atoms with Gasteiger partial charge in [0.05, 0.1) is 35.1 Å². The Hall–Kier alpha value is -4.36. The minimum absolute atomic E-state index is 0.00885. The topological polar surface area (TPSA) is 115 Å². The van der Waals surface area contributed by atoms with Crippen molar-refractivity contribution in [3.8, 4) is 0 Å². The fourth-order valence-corrected chi connectivity index (χ4v) is 16.2. The van der Waals surface area contributed by atoms with E-state index in [0.717, 1.165) is 34.8 Å². The average molecular weight is 999 g/mol. The summed E-state index contributed by atoms with van der Waals surface area (Å²) in [5, 5.41) is 4.04. The van der Waals surface area contributed by atoms with Gasteiger partial charge in [-0.2, -0.15) is 0 Å². The molecule has 4 aromatic heterocycles. The van der Waals surface area contributed by atoms with E-state index in [1.54, 1.807) is 0 Å². The summed E-state index contributed by atoms with van der Waals surface area (Å²) >= 11 is 16.5. The van der Waals surface area contributed by atoms with Gasteiger partial charge in [-0.15, -0.1) is 6.58 Å². The van der Waals surface area contributed by atoms with Gasteiger partial charge in [-0.1, -0.05) is 29.3 Å². The molecule has 4 aliphatic rings. The van der Waals surface area contributed by atoms with Crippen LogP contribution in [-0.2, 0) is 23.7 Å². The number of benzene rings is 3. The van der Waals surface area contributed by atoms with Crippen molar-refractivity contribution in [3.63, 3.8) is 0 Å². The van der Waals surface area contributed by atoms with Gasteiger partial charge < -0.3 is 32.9 Å². The maximum atomic E-state index is 11.4. The number of halogens is 3. The molecule has 4 fully saturated rings. The number of fused-ring (bicyclic) bond motifs is 4. The Morgan fingerprint density at radius 3 is 1.37 bits per heavy atom. The Morgan fingerprint density at radius 2 is 0.985 bits per heavy atom. The number of hydrogen-bond donors (Lipinski definition) is 0. The van der Waals surface area contributed by atoms with Gasteiger partial charge in [0.2, 0.25) is 0 Å². The van der Waals surface area contributed by atoms with Gasteiger partial charge in [-0.25, -0.2) is 19.9 Å². The molecule has 2 saturated carbocycles. The van der Waals surface area contributed by atoms with Crippen molar-refractivity contribution in [3.05, 3.63) is 151 Å². The molecule has 15 heteroatoms. The number of rotatable bonds is 7. The predicted molar refractivity (Wildman–Crippen MR) is 263 cm³/mol. The minimum atomic E-state index is -2.56. The molecule has 2 aliphatic heterocycles. The third-order valence-electron chi connectivity index (χ3n) is 13.2. The van der Waals surface area contributed by atoms with Crippen molar-refractivity contribution in [1.82, 2.24) is 29.1 Å². The summed E-state index contributed by atoms with van der Waals surface area (Å²) in [5.74, 6) is -1.14. The van der Waals surface area contributed by atoms with Crippen LogP contribution in [0.1, 0.15) is 52.6 Å². The fraction of sp³-hybridized carbons (Fsp3) is 0.340. The van der Waals surface area contributed by atoms with Crippen LogP contribution in [0.2, 0.25) is 10.3 Å². The van der Waals surface area contributed by atoms with E-state index >= 15 is 0 Å². The van der Waals surface area contributed by atoms with Gasteiger partial charge in [-0.3, -0.25) is 0 Å². The van der Waals surface area contributed by atoms with Crippen LogP contribution in [0.25, 0.3) is 22.1 Å². The molecule has 6 heterocycles. The second-order valence-corrected chi connectivity index (χ2v) is 28.6. The number of hydrogen-bond acceptors (Lipinski definition) is 9. The van der Waals surface area contributed by atoms with Crippen LogP contribution in [0.5, 0.6) is 0 Å². The Morgan fingerprint density at radius 1 is 0.615 bits per heavy atom. The van der Waals surface area contributed by atoms with Crippen molar-refractivity contribution < 1.29 is 23.7 Å². The number of carbonyl (C=O) groups excluding carboxylic acids is 1. The summed E-state index contributed by atoms with van der Waals surface area (Å²) in [6, 6.07) is 36.3. The van der Waals surface area contributed by atoms with E-state index in [4.69, 9.17) is 42.1 Å². The molecule has 0 unspecified atom stereocenters. The van der Waals surface area contributed by atoms with Gasteiger partial charge in [-0.05, 0) is 52.7 Å². The number of aldehydes is 1. The molecule has 0 bridgehead atoms. The Balaban J connectivity index is 0.000000123. The molecule has 0 spiro atoms. The van der Waals surface area contributed by atoms with E-state index in [1.165, 1.54) is 28.6 Å². The van der Waals surface area contributed by atoms with E-state index in [9.17, 15) is 4.79 Å². The van der Waals surface area contributed by atoms with E-state index in [1.807, 2.05) is 62.9 Å². The molecule has 338 valence electrons. The third-order valence-corrected chi connectivity index (χ3v) is 22.0. The summed E-state index contributed by atoms with van der Waals surface area (Å²) in [6.45, 7) is 14.0. The summed E-state index contributed by atoms with van der Waals surface area (Å²) in [7, 11) is 0. The fourth-order valence-electron chi connectivity index (χ4n) is 10.1. The van der Waals surface area contributed by atoms with Crippen molar-refractivity contribution in [2.45, 2.75) is 88.6 Å². The van der Waals surface area contributed by atoms with Crippen LogP contribution in [0.3, 0.4) is 0 Å². The van der Waals surface area contributed by atoms with Gasteiger partial charge in [0.25, 0.3) is 0 Å². The SMILES string of the molecule is C=C[C@H]1C[C@@H](n2ccc3c(Cl)ncnc32)[C@@H]2OC(C)(C)O[C@@H]21.CC1(C)O[C@@H]2[C@H](O1)[C@@H](C=O)C[C@H]2n1ccc2c(Cl)ncnc21.CP(Br)(c1ccccc1)(c1ccccc1)c1ccccc1. The summed E-state index contributed by atoms with van der Waals surface area (Å²) < 4.78 is 28.3. The van der Waals surface area contributed by atoms with E-state index in [-0.39, 0.29) is 48.3 Å². The molecule has 11 rings (SSSR count). The van der Waals surface area contributed by atoms with Crippen LogP contribution in [-0.4, -0.2) is 78.0 Å². The molecule has 7 aromatic rings. The first-order chi connectivity index (χ1) is 31.1. The molecular weight excluding hydrogens is 946 g/mol. The second-order valence-electron chi connectivity index (χ2n) is 18.1. The zero-order valence-electron chi connectivity index (χ0n) is 36.8. The van der Waals surface area contributed by atoms with E-state index in [0.29, 0.717) is 16.7 Å². The first-order valence-electron chi connectivity index (χ1n) is 21.8. The van der Waals surface area contributed by atoms with Crippen LogP contribution in [0.15, 0.2) is 141 Å². The van der Waals surface area contributed by atoms with Crippen LogP contribution in [0, 0.1) is 11.8 Å². The number of ether oxygens (including phenoxy) is 4. The third kappa shape index (κ3) is 8.39. The van der Waals surface area contributed by atoms with Gasteiger partial charge >= 0.3 is 134 Å². The quantitative estimate of drug-likeness (QED) is 0.0666. The van der Waals surface area contributed by atoms with Crippen molar-refractivity contribution in [2.75, 3.05) is 6.66 Å². The molecule has 65 heavy (non-hydrogen) atoms. The Kier molecular flexibility index (Phi) is 12.5. The van der Waals surface area contributed by atoms with Crippen LogP contribution >= 0.6 is 44.0 Å². The molecule has 8 atom stereocenters. The van der Waals surface area contributed by atoms with Gasteiger partial charge in [0.15, 0.2) is 11.6 Å². The van der Waals surface area contributed by atoms with Gasteiger partial charge in [0, 0.05) is 24.2 Å². The zero-order valence-corrected chi connectivity index (χ0v) is 40.8. The first kappa shape index (κ1) is 45.8. The zero-order chi connectivity index (χ0) is 45.8. The van der Waals surface area contributed by atoms with Crippen LogP contribution < -0.4 is 15.9 Å². The molecular formula is C50H52BrCl2N6O5P. The van der Waals surface area contributed by atoms with E-state index < -0.39 is 16.9 Å². The van der Waals surface area contributed by atoms with Gasteiger partial charge in [0.1, 0.15) is 52.7 Å². The summed E-state index contributed by atoms with van der Waals surface area (Å²) in [6.07, 6.45) is 11.0. The number of aromatic nitrogens is 6. The average Bonchev–Trinajstić information content (AvgIpc) is 4.16. The predicted octanol–water partition coefficient (Wildman–Crippen LogP) is 10.2. The van der Waals surface area contributed by atoms with Crippen LogP contribution in [0.4, 0.5) is 0 Å². The Bertz CT molecular complexity index is 2600. The second kappa shape index (κ2) is 17.7. The molecule has 11 nitrogen and oxygen atoms in total. The molecule has 0 N–H and O–H groups in total. The summed E-state index contributed by atoms with van der Waals surface area (Å²) in [5.41, 5.74) is 1.59. The van der Waals surface area contributed by atoms with E-state index in [2.05, 4.69) is 144 Å². The van der Waals surface area contributed by atoms with Crippen molar-refractivity contribution in [1.29, 1.82) is 0 Å².